The number of hydrogen-bond donors (Lipinski definition) is 2. The molecule has 2 aromatic heterocycles. The fourth-order valence-corrected chi connectivity index (χ4v) is 4.69. The lowest BCUT2D eigenvalue weighted by Gasteiger charge is -2.38. The van der Waals surface area contributed by atoms with Crippen molar-refractivity contribution in [2.45, 2.75) is 43.6 Å². The Hall–Kier alpha value is -3.33. The quantitative estimate of drug-likeness (QED) is 0.630. The van der Waals surface area contributed by atoms with E-state index < -0.39 is 6.17 Å². The number of methoxy groups -OCH3 is 1. The summed E-state index contributed by atoms with van der Waals surface area (Å²) >= 11 is 0. The predicted molar refractivity (Wildman–Crippen MR) is 118 cm³/mol. The topological polar surface area (TPSA) is 96.3 Å². The number of alkyl halides is 1. The van der Waals surface area contributed by atoms with Crippen LogP contribution < -0.4 is 15.0 Å². The summed E-state index contributed by atoms with van der Waals surface area (Å²) in [5.41, 5.74) is 2.66. The van der Waals surface area contributed by atoms with Crippen LogP contribution in [-0.4, -0.2) is 63.7 Å². The van der Waals surface area contributed by atoms with Crippen LogP contribution in [0, 0.1) is 0 Å². The lowest BCUT2D eigenvalue weighted by molar-refractivity contribution is 0.176. The van der Waals surface area contributed by atoms with Gasteiger partial charge in [-0.05, 0) is 37.0 Å². The number of aromatic hydroxyl groups is 1. The van der Waals surface area contributed by atoms with Crippen molar-refractivity contribution in [2.75, 3.05) is 19.1 Å². The van der Waals surface area contributed by atoms with Crippen molar-refractivity contribution >= 4 is 5.82 Å². The van der Waals surface area contributed by atoms with Crippen molar-refractivity contribution in [3.05, 3.63) is 42.9 Å². The van der Waals surface area contributed by atoms with Gasteiger partial charge in [0.05, 0.1) is 37.4 Å². The van der Waals surface area contributed by atoms with Crippen molar-refractivity contribution in [3.8, 4) is 34.0 Å². The molecule has 2 N–H and O–H groups in total. The van der Waals surface area contributed by atoms with E-state index in [2.05, 4.69) is 25.5 Å². The Morgan fingerprint density at radius 2 is 2.00 bits per heavy atom. The van der Waals surface area contributed by atoms with Gasteiger partial charge in [0.2, 0.25) is 5.88 Å². The number of nitrogens with one attached hydrogen (secondary N) is 1. The van der Waals surface area contributed by atoms with E-state index in [4.69, 9.17) is 4.74 Å². The third-order valence-electron chi connectivity index (χ3n) is 6.50. The minimum atomic E-state index is -0.932. The summed E-state index contributed by atoms with van der Waals surface area (Å²) in [6.07, 6.45) is 6.59. The molecule has 2 aliphatic heterocycles. The minimum Gasteiger partial charge on any atom is -0.507 e. The molecule has 9 heteroatoms. The number of phenolic OH excluding ortho intramolecular Hbond substituents is 1. The van der Waals surface area contributed by atoms with E-state index in [-0.39, 0.29) is 17.8 Å². The summed E-state index contributed by atoms with van der Waals surface area (Å²) in [4.78, 5) is 10.9. The molecule has 32 heavy (non-hydrogen) atoms. The molecule has 2 saturated heterocycles. The molecular weight excluding hydrogens is 411 g/mol. The van der Waals surface area contributed by atoms with Gasteiger partial charge in [-0.3, -0.25) is 4.98 Å². The van der Waals surface area contributed by atoms with Gasteiger partial charge in [-0.25, -0.2) is 9.37 Å². The number of phenols is 1. The number of halogens is 1. The van der Waals surface area contributed by atoms with Gasteiger partial charge in [0.1, 0.15) is 17.7 Å². The molecule has 0 spiro atoms. The van der Waals surface area contributed by atoms with Crippen LogP contribution in [0.5, 0.6) is 11.6 Å². The van der Waals surface area contributed by atoms with Gasteiger partial charge in [-0.1, -0.05) is 6.07 Å². The SMILES string of the molecule is COc1cc(-c2ccc(-c3cnc(N(C)C4CC5CCC(N5)[C@H]4F)cn3)c(O)c2)cnn1. The number of anilines is 1. The first kappa shape index (κ1) is 20.6. The lowest BCUT2D eigenvalue weighted by atomic mass is 9.96. The van der Waals surface area contributed by atoms with Gasteiger partial charge >= 0.3 is 0 Å². The van der Waals surface area contributed by atoms with E-state index in [1.54, 1.807) is 36.8 Å². The third-order valence-corrected chi connectivity index (χ3v) is 6.50. The number of hydrogen-bond acceptors (Lipinski definition) is 8. The van der Waals surface area contributed by atoms with Gasteiger partial charge in [0.25, 0.3) is 0 Å². The lowest BCUT2D eigenvalue weighted by Crippen LogP contribution is -2.55. The monoisotopic (exact) mass is 436 g/mol. The van der Waals surface area contributed by atoms with Gasteiger partial charge in [-0.15, -0.1) is 5.10 Å². The molecule has 5 rings (SSSR count). The largest absolute Gasteiger partial charge is 0.507 e. The first-order chi connectivity index (χ1) is 15.5. The van der Waals surface area contributed by atoms with E-state index in [9.17, 15) is 9.50 Å². The number of benzene rings is 1. The first-order valence-corrected chi connectivity index (χ1v) is 10.7. The third kappa shape index (κ3) is 3.73. The molecule has 2 aliphatic rings. The van der Waals surface area contributed by atoms with Crippen LogP contribution in [0.15, 0.2) is 42.9 Å². The molecule has 2 fully saturated rings. The van der Waals surface area contributed by atoms with Gasteiger partial charge in [0.15, 0.2) is 0 Å². The zero-order chi connectivity index (χ0) is 22.2. The first-order valence-electron chi connectivity index (χ1n) is 10.7. The minimum absolute atomic E-state index is 0.0699. The maximum absolute atomic E-state index is 14.9. The number of ether oxygens (including phenoxy) is 1. The highest BCUT2D eigenvalue weighted by Gasteiger charge is 2.43. The van der Waals surface area contributed by atoms with Crippen LogP contribution in [0.1, 0.15) is 19.3 Å². The Kier molecular flexibility index (Phi) is 5.34. The molecule has 4 heterocycles. The maximum Gasteiger partial charge on any atom is 0.233 e. The molecule has 0 saturated carbocycles. The second-order valence-corrected chi connectivity index (χ2v) is 8.38. The molecule has 1 aromatic carbocycles. The second-order valence-electron chi connectivity index (χ2n) is 8.38. The molecule has 2 bridgehead atoms. The van der Waals surface area contributed by atoms with E-state index in [1.165, 1.54) is 7.11 Å². The number of aromatic nitrogens is 4. The molecule has 0 amide bonds. The fraction of sp³-hybridized carbons (Fsp3) is 0.391. The summed E-state index contributed by atoms with van der Waals surface area (Å²) < 4.78 is 20.0. The Labute approximate surface area is 185 Å². The van der Waals surface area contributed by atoms with Crippen molar-refractivity contribution in [1.29, 1.82) is 0 Å². The van der Waals surface area contributed by atoms with Crippen LogP contribution >= 0.6 is 0 Å². The van der Waals surface area contributed by atoms with Gasteiger partial charge in [-0.2, -0.15) is 5.10 Å². The highest BCUT2D eigenvalue weighted by molar-refractivity contribution is 5.74. The summed E-state index contributed by atoms with van der Waals surface area (Å²) in [5.74, 6) is 1.09. The highest BCUT2D eigenvalue weighted by Crippen LogP contribution is 2.35. The number of fused-ring (bicyclic) bond motifs is 2. The smallest absolute Gasteiger partial charge is 0.233 e. The van der Waals surface area contributed by atoms with Crippen LogP contribution in [0.4, 0.5) is 10.2 Å². The van der Waals surface area contributed by atoms with E-state index in [0.717, 1.165) is 30.4 Å². The molecular formula is C23H25FN6O2. The van der Waals surface area contributed by atoms with E-state index >= 15 is 0 Å². The van der Waals surface area contributed by atoms with Crippen molar-refractivity contribution < 1.29 is 14.2 Å². The Balaban J connectivity index is 1.35. The Morgan fingerprint density at radius 3 is 2.75 bits per heavy atom. The van der Waals surface area contributed by atoms with E-state index in [1.807, 2.05) is 18.0 Å². The van der Waals surface area contributed by atoms with Crippen LogP contribution in [-0.2, 0) is 0 Å². The summed E-state index contributed by atoms with van der Waals surface area (Å²) in [5, 5.41) is 21.7. The normalized spacial score (nSPS) is 24.3. The highest BCUT2D eigenvalue weighted by atomic mass is 19.1. The Morgan fingerprint density at radius 1 is 1.12 bits per heavy atom. The zero-order valence-corrected chi connectivity index (χ0v) is 17.9. The van der Waals surface area contributed by atoms with Crippen LogP contribution in [0.25, 0.3) is 22.4 Å². The van der Waals surface area contributed by atoms with Gasteiger partial charge in [0, 0.05) is 36.3 Å². The van der Waals surface area contributed by atoms with Crippen molar-refractivity contribution in [1.82, 2.24) is 25.5 Å². The average Bonchev–Trinajstić information content (AvgIpc) is 3.24. The average molecular weight is 436 g/mol. The Bertz CT molecular complexity index is 1110. The number of rotatable bonds is 5. The van der Waals surface area contributed by atoms with E-state index in [0.29, 0.717) is 29.0 Å². The zero-order valence-electron chi connectivity index (χ0n) is 17.9. The second kappa shape index (κ2) is 8.31. The molecule has 8 nitrogen and oxygen atoms in total. The standard InChI is InChI=1S/C23H25FN6O2/c1-30(19-9-15-4-6-17(28-15)23(19)24)21-12-25-18(11-26-21)16-5-3-13(7-20(16)31)14-8-22(32-2)29-27-10-14/h3,5,7-8,10-12,15,17,19,23,28,31H,4,6,9H2,1-2H3/t15?,17?,19?,23-/m1/s1. The summed E-state index contributed by atoms with van der Waals surface area (Å²) in [7, 11) is 3.40. The van der Waals surface area contributed by atoms with Crippen LogP contribution in [0.3, 0.4) is 0 Å². The predicted octanol–water partition coefficient (Wildman–Crippen LogP) is 2.98. The molecule has 4 atom stereocenters. The molecule has 166 valence electrons. The molecule has 3 aromatic rings. The maximum atomic E-state index is 14.9. The summed E-state index contributed by atoms with van der Waals surface area (Å²) in [6, 6.07) is 7.13. The molecule has 0 radical (unpaired) electrons. The van der Waals surface area contributed by atoms with Crippen molar-refractivity contribution in [3.63, 3.8) is 0 Å². The van der Waals surface area contributed by atoms with Crippen molar-refractivity contribution in [2.24, 2.45) is 0 Å². The van der Waals surface area contributed by atoms with Gasteiger partial charge < -0.3 is 20.1 Å². The van der Waals surface area contributed by atoms with Crippen LogP contribution in [0.2, 0.25) is 0 Å². The number of piperidine rings is 1. The fourth-order valence-electron chi connectivity index (χ4n) is 4.69. The summed E-state index contributed by atoms with van der Waals surface area (Å²) in [6.45, 7) is 0. The molecule has 0 aliphatic carbocycles. The molecule has 3 unspecified atom stereocenters. The number of nitrogens with zero attached hydrogens (tertiary/aromatic N) is 5.